The van der Waals surface area contributed by atoms with Crippen LogP contribution in [0.3, 0.4) is 0 Å². The average molecular weight is 1060 g/mol. The molecule has 3 aromatic carbocycles. The van der Waals surface area contributed by atoms with Gasteiger partial charge in [0, 0.05) is 23.3 Å². The van der Waals surface area contributed by atoms with E-state index in [2.05, 4.69) is 13.2 Å². The molecule has 0 atom stereocenters. The summed E-state index contributed by atoms with van der Waals surface area (Å²) in [5, 5.41) is 0. The quantitative estimate of drug-likeness (QED) is 0.0234. The van der Waals surface area contributed by atoms with Crippen LogP contribution in [0.25, 0.3) is 0 Å². The van der Waals surface area contributed by atoms with Crippen LogP contribution in [0.2, 0.25) is 0 Å². The first-order valence-electron chi connectivity index (χ1n) is 29.0. The number of rotatable bonds is 46. The number of hydrogen-bond donors (Lipinski definition) is 0. The molecule has 0 unspecified atom stereocenters. The second kappa shape index (κ2) is 41.6. The van der Waals surface area contributed by atoms with Gasteiger partial charge in [-0.05, 0) is 88.1 Å². The van der Waals surface area contributed by atoms with Gasteiger partial charge in [0.05, 0.1) is 37.6 Å². The van der Waals surface area contributed by atoms with Crippen LogP contribution in [0, 0.1) is 11.6 Å². The number of ether oxygens (including phenoxy) is 6. The van der Waals surface area contributed by atoms with Crippen LogP contribution in [0.1, 0.15) is 240 Å². The highest BCUT2D eigenvalue weighted by Crippen LogP contribution is 2.25. The van der Waals surface area contributed by atoms with Gasteiger partial charge in [-0.3, -0.25) is 0 Å². The van der Waals surface area contributed by atoms with E-state index in [-0.39, 0.29) is 34.6 Å². The molecule has 0 heterocycles. The minimum atomic E-state index is -0.888. The van der Waals surface area contributed by atoms with Crippen molar-refractivity contribution in [2.45, 2.75) is 219 Å². The van der Waals surface area contributed by atoms with Crippen LogP contribution in [0.5, 0.6) is 23.0 Å². The predicted octanol–water partition coefficient (Wildman–Crippen LogP) is 17.9. The van der Waals surface area contributed by atoms with Crippen LogP contribution >= 0.6 is 0 Å². The van der Waals surface area contributed by atoms with E-state index >= 15 is 0 Å². The Morgan fingerprint density at radius 3 is 0.803 bits per heavy atom. The van der Waals surface area contributed by atoms with Crippen molar-refractivity contribution in [2.75, 3.05) is 26.4 Å². The minimum absolute atomic E-state index is 0.112. The van der Waals surface area contributed by atoms with Gasteiger partial charge in [0.2, 0.25) is 0 Å². The van der Waals surface area contributed by atoms with Crippen molar-refractivity contribution in [3.05, 3.63) is 108 Å². The summed E-state index contributed by atoms with van der Waals surface area (Å²) in [6, 6.07) is 13.7. The van der Waals surface area contributed by atoms with E-state index in [1.54, 1.807) is 26.0 Å². The lowest BCUT2D eigenvalue weighted by Gasteiger charge is -2.10. The third-order valence-corrected chi connectivity index (χ3v) is 13.3. The molecule has 422 valence electrons. The van der Waals surface area contributed by atoms with E-state index in [1.807, 2.05) is 0 Å². The smallest absolute Gasteiger partial charge is 0.346 e. The van der Waals surface area contributed by atoms with Crippen LogP contribution in [-0.2, 0) is 19.1 Å². The SMILES string of the molecule is C=C(C)C(=O)OCCCCCCCCCCCCCCCCCCOc1ccc(C(=O)Oc2ccc(OC(=O)c3ccc(OCCCCCCCCCCCCCCCCCCOC(=O)C(=C)C)cc3F)cc2)c(F)c1. The Kier molecular flexibility index (Phi) is 35.5. The molecule has 3 rings (SSSR count). The molecule has 0 spiro atoms. The van der Waals surface area contributed by atoms with Gasteiger partial charge >= 0.3 is 23.9 Å². The Labute approximate surface area is 455 Å². The Morgan fingerprint density at radius 1 is 0.342 bits per heavy atom. The average Bonchev–Trinajstić information content (AvgIpc) is 3.40. The zero-order valence-corrected chi connectivity index (χ0v) is 46.5. The second-order valence-electron chi connectivity index (χ2n) is 20.4. The number of halogens is 2. The highest BCUT2D eigenvalue weighted by Gasteiger charge is 2.18. The standard InChI is InChI=1S/C64H92F2O10/c1-51(2)61(67)73-47-35-31-27-23-19-15-11-7-5-9-13-17-21-25-29-33-45-71-55-41-43-57(59(65)49-55)63(69)75-53-37-39-54(40-38-53)76-64(70)58-44-42-56(50-60(58)66)72-46-34-30-26-22-18-14-10-6-8-12-16-20-24-28-32-36-48-74-62(68)52(3)4/h37-44,49-50H,1,3,5-36,45-48H2,2,4H3. The fourth-order valence-electron chi connectivity index (χ4n) is 8.72. The highest BCUT2D eigenvalue weighted by atomic mass is 19.1. The highest BCUT2D eigenvalue weighted by molar-refractivity contribution is 5.92. The van der Waals surface area contributed by atoms with Crippen LogP contribution in [0.4, 0.5) is 8.78 Å². The predicted molar refractivity (Wildman–Crippen MR) is 299 cm³/mol. The topological polar surface area (TPSA) is 124 Å². The number of carbonyl (C=O) groups excluding carboxylic acids is 4. The first kappa shape index (κ1) is 64.8. The molecule has 0 aliphatic rings. The number of carbonyl (C=O) groups is 4. The third kappa shape index (κ3) is 30.9. The largest absolute Gasteiger partial charge is 0.493 e. The maximum absolute atomic E-state index is 14.9. The zero-order valence-electron chi connectivity index (χ0n) is 46.5. The maximum atomic E-state index is 14.9. The van der Waals surface area contributed by atoms with E-state index < -0.39 is 23.6 Å². The van der Waals surface area contributed by atoms with Gasteiger partial charge < -0.3 is 28.4 Å². The molecule has 0 aliphatic carbocycles. The van der Waals surface area contributed by atoms with Crippen molar-refractivity contribution in [3.8, 4) is 23.0 Å². The van der Waals surface area contributed by atoms with Gasteiger partial charge in [0.15, 0.2) is 0 Å². The van der Waals surface area contributed by atoms with Crippen molar-refractivity contribution in [2.24, 2.45) is 0 Å². The lowest BCUT2D eigenvalue weighted by Crippen LogP contribution is -2.12. The van der Waals surface area contributed by atoms with Crippen molar-refractivity contribution in [3.63, 3.8) is 0 Å². The van der Waals surface area contributed by atoms with Gasteiger partial charge in [-0.25, -0.2) is 28.0 Å². The van der Waals surface area contributed by atoms with E-state index in [0.717, 1.165) is 64.2 Å². The number of unbranched alkanes of at least 4 members (excludes halogenated alkanes) is 30. The molecule has 0 radical (unpaired) electrons. The summed E-state index contributed by atoms with van der Waals surface area (Å²) in [7, 11) is 0. The van der Waals surface area contributed by atoms with Gasteiger partial charge in [-0.15, -0.1) is 0 Å². The molecule has 0 amide bonds. The molecule has 0 saturated heterocycles. The third-order valence-electron chi connectivity index (χ3n) is 13.3. The summed E-state index contributed by atoms with van der Waals surface area (Å²) < 4.78 is 62.4. The summed E-state index contributed by atoms with van der Waals surface area (Å²) in [6.07, 6.45) is 38.0. The Hall–Kier alpha value is -5.52. The van der Waals surface area contributed by atoms with E-state index in [0.29, 0.717) is 49.1 Å². The maximum Gasteiger partial charge on any atom is 0.346 e. The fourth-order valence-corrected chi connectivity index (χ4v) is 8.72. The second-order valence-corrected chi connectivity index (χ2v) is 20.4. The molecular weight excluding hydrogens is 967 g/mol. The summed E-state index contributed by atoms with van der Waals surface area (Å²) >= 11 is 0. The molecule has 0 saturated carbocycles. The summed E-state index contributed by atoms with van der Waals surface area (Å²) in [5.74, 6) is -2.97. The Bertz CT molecular complexity index is 1970. The van der Waals surface area contributed by atoms with Crippen LogP contribution in [0.15, 0.2) is 85.0 Å². The number of hydrogen-bond acceptors (Lipinski definition) is 10. The first-order chi connectivity index (χ1) is 36.9. The lowest BCUT2D eigenvalue weighted by molar-refractivity contribution is -0.139. The molecule has 10 nitrogen and oxygen atoms in total. The molecule has 0 bridgehead atoms. The van der Waals surface area contributed by atoms with Crippen LogP contribution < -0.4 is 18.9 Å². The minimum Gasteiger partial charge on any atom is -0.493 e. The van der Waals surface area contributed by atoms with Gasteiger partial charge in [-0.2, -0.15) is 0 Å². The Morgan fingerprint density at radius 2 is 0.566 bits per heavy atom. The summed E-state index contributed by atoms with van der Waals surface area (Å²) in [4.78, 5) is 48.3. The molecule has 76 heavy (non-hydrogen) atoms. The van der Waals surface area contributed by atoms with Crippen molar-refractivity contribution in [1.82, 2.24) is 0 Å². The van der Waals surface area contributed by atoms with E-state index in [4.69, 9.17) is 28.4 Å². The normalized spacial score (nSPS) is 11.0. The van der Waals surface area contributed by atoms with E-state index in [9.17, 15) is 28.0 Å². The van der Waals surface area contributed by atoms with Crippen molar-refractivity contribution in [1.29, 1.82) is 0 Å². The first-order valence-corrected chi connectivity index (χ1v) is 29.0. The van der Waals surface area contributed by atoms with Gasteiger partial charge in [0.25, 0.3) is 0 Å². The molecule has 0 N–H and O–H groups in total. The molecule has 12 heteroatoms. The van der Waals surface area contributed by atoms with Gasteiger partial charge in [0.1, 0.15) is 34.6 Å². The van der Waals surface area contributed by atoms with Crippen molar-refractivity contribution >= 4 is 23.9 Å². The summed E-state index contributed by atoms with van der Waals surface area (Å²) in [5.41, 5.74) is 0.422. The summed E-state index contributed by atoms with van der Waals surface area (Å²) in [6.45, 7) is 12.4. The Balaban J connectivity index is 1.15. The monoisotopic (exact) mass is 1060 g/mol. The lowest BCUT2D eigenvalue weighted by atomic mass is 10.0. The number of esters is 4. The fraction of sp³-hybridized carbons (Fsp3) is 0.594. The molecule has 3 aromatic rings. The molecular formula is C64H92F2O10. The van der Waals surface area contributed by atoms with Gasteiger partial charge in [-0.1, -0.05) is 193 Å². The zero-order chi connectivity index (χ0) is 54.9. The molecule has 0 fully saturated rings. The number of benzene rings is 3. The van der Waals surface area contributed by atoms with Crippen molar-refractivity contribution < 1.29 is 56.4 Å². The van der Waals surface area contributed by atoms with Crippen LogP contribution in [-0.4, -0.2) is 50.3 Å². The molecule has 0 aromatic heterocycles. The van der Waals surface area contributed by atoms with E-state index in [1.165, 1.54) is 190 Å². The molecule has 0 aliphatic heterocycles.